The van der Waals surface area contributed by atoms with Crippen molar-refractivity contribution in [3.63, 3.8) is 0 Å². The van der Waals surface area contributed by atoms with Gasteiger partial charge >= 0.3 is 111 Å². The van der Waals surface area contributed by atoms with Gasteiger partial charge in [0.05, 0.1) is 0 Å². The number of aliphatic carboxylic acids is 1. The molecule has 3 N–H and O–H groups in total. The van der Waals surface area contributed by atoms with E-state index in [1.165, 1.54) is 51.4 Å². The van der Waals surface area contributed by atoms with E-state index < -0.39 is 27.2 Å². The molecule has 0 aromatic rings. The third-order valence-corrected chi connectivity index (χ3v) is 7.08. The van der Waals surface area contributed by atoms with E-state index in [2.05, 4.69) is 10.6 Å². The van der Waals surface area contributed by atoms with Crippen LogP contribution in [0.15, 0.2) is 0 Å². The van der Waals surface area contributed by atoms with E-state index >= 15 is 0 Å². The van der Waals surface area contributed by atoms with Crippen molar-refractivity contribution in [3.05, 3.63) is 0 Å². The molecule has 0 rings (SSSR count). The molecule has 0 aliphatic heterocycles. The van der Waals surface area contributed by atoms with Gasteiger partial charge in [-0.3, -0.25) is 9.59 Å². The Labute approximate surface area is 233 Å². The van der Waals surface area contributed by atoms with Crippen LogP contribution in [0.5, 0.6) is 0 Å². The van der Waals surface area contributed by atoms with Crippen molar-refractivity contribution < 1.29 is 55.0 Å². The van der Waals surface area contributed by atoms with Crippen molar-refractivity contribution in [1.82, 2.24) is 10.6 Å². The summed E-state index contributed by atoms with van der Waals surface area (Å²) in [5, 5.41) is 14.1. The number of unbranched alkanes of at least 4 members (excludes halogenated alkanes) is 13. The molecule has 0 saturated heterocycles. The summed E-state index contributed by atoms with van der Waals surface area (Å²) in [7, 11) is 0. The number of hydrogen-bond donors (Lipinski definition) is 3. The third-order valence-electron chi connectivity index (χ3n) is 5.88. The number of carbonyl (C=O) groups is 4. The standard InChI is InChI=1S/C27H50IN2O7/c1-28-27(35)37-23-22-36-21-20-30-25(32)18-19-29-24(31)16-14-12-10-8-6-4-2-3-5-7-9-11-13-15-17-26(33)34/h2-23H2,1H3,(H,29,31)(H,30,32)(H,33,34)/q-1. The van der Waals surface area contributed by atoms with Gasteiger partial charge in [-0.05, 0) is 12.8 Å². The van der Waals surface area contributed by atoms with Gasteiger partial charge in [0, 0.05) is 12.8 Å². The molecule has 0 saturated carbocycles. The van der Waals surface area contributed by atoms with Crippen LogP contribution in [0.2, 0.25) is 0 Å². The topological polar surface area (TPSA) is 131 Å². The number of carboxylic acids is 1. The molecule has 0 atom stereocenters. The minimum absolute atomic E-state index is 0.00192. The number of nitrogens with one attached hydrogen (secondary N) is 2. The van der Waals surface area contributed by atoms with Crippen molar-refractivity contribution in [1.29, 1.82) is 0 Å². The Bertz CT molecular complexity index is 605. The Morgan fingerprint density at radius 2 is 1.05 bits per heavy atom. The molecule has 37 heavy (non-hydrogen) atoms. The van der Waals surface area contributed by atoms with Gasteiger partial charge in [-0.25, -0.2) is 0 Å². The normalized spacial score (nSPS) is 10.8. The Kier molecular flexibility index (Phi) is 26.5. The minimum atomic E-state index is -0.689. The Morgan fingerprint density at radius 1 is 0.595 bits per heavy atom. The maximum absolute atomic E-state index is 11.9. The average molecular weight is 642 g/mol. The van der Waals surface area contributed by atoms with E-state index in [1.807, 2.05) is 4.93 Å². The number of hydrogen-bond acceptors (Lipinski definition) is 6. The summed E-state index contributed by atoms with van der Waals surface area (Å²) in [6.45, 7) is 1.65. The van der Waals surface area contributed by atoms with Crippen LogP contribution in [-0.4, -0.2) is 64.7 Å². The van der Waals surface area contributed by atoms with Crippen molar-refractivity contribution >= 4 is 21.8 Å². The van der Waals surface area contributed by atoms with Crippen LogP contribution in [0.1, 0.15) is 109 Å². The van der Waals surface area contributed by atoms with Crippen LogP contribution < -0.4 is 31.8 Å². The number of ether oxygens (including phenoxy) is 2. The summed E-state index contributed by atoms with van der Waals surface area (Å²) >= 11 is -0.531. The zero-order valence-corrected chi connectivity index (χ0v) is 25.0. The van der Waals surface area contributed by atoms with Crippen LogP contribution in [-0.2, 0) is 23.9 Å². The SMILES string of the molecule is C[I-]C(=O)OCCOCCNC(=O)CCNC(=O)CCCCCCCCCCCCCCCCC(=O)O. The number of alkyl halides is 1. The molecule has 0 aliphatic carbocycles. The predicted octanol–water partition coefficient (Wildman–Crippen LogP) is 1.81. The number of rotatable bonds is 27. The number of carbonyl (C=O) groups excluding carboxylic acids is 3. The number of halogens is 1. The quantitative estimate of drug-likeness (QED) is 0.0540. The van der Waals surface area contributed by atoms with E-state index in [0.29, 0.717) is 39.1 Å². The molecular weight excluding hydrogens is 591 g/mol. The Hall–Kier alpha value is -1.43. The van der Waals surface area contributed by atoms with Crippen LogP contribution in [0, 0.1) is 0 Å². The minimum Gasteiger partial charge on any atom is -0.481 e. The van der Waals surface area contributed by atoms with Crippen molar-refractivity contribution in [2.75, 3.05) is 37.8 Å². The molecule has 0 unspecified atom stereocenters. The molecule has 2 amide bonds. The van der Waals surface area contributed by atoms with Gasteiger partial charge in [-0.1, -0.05) is 77.0 Å². The fourth-order valence-corrected chi connectivity index (χ4v) is 4.31. The van der Waals surface area contributed by atoms with Gasteiger partial charge in [-0.15, -0.1) is 0 Å². The fourth-order valence-electron chi connectivity index (χ4n) is 3.78. The first-order chi connectivity index (χ1) is 18.0. The Balaban J connectivity index is 3.30. The first-order valence-electron chi connectivity index (χ1n) is 13.9. The molecule has 10 heteroatoms. The van der Waals surface area contributed by atoms with Crippen LogP contribution in [0.3, 0.4) is 0 Å². The van der Waals surface area contributed by atoms with Gasteiger partial charge in [0.25, 0.3) is 0 Å². The van der Waals surface area contributed by atoms with Crippen molar-refractivity contribution in [2.45, 2.75) is 109 Å². The fraction of sp³-hybridized carbons (Fsp3) is 0.852. The van der Waals surface area contributed by atoms with E-state index in [4.69, 9.17) is 14.6 Å². The summed E-state index contributed by atoms with van der Waals surface area (Å²) < 4.78 is 10.1. The van der Waals surface area contributed by atoms with Gasteiger partial charge in [-0.2, -0.15) is 0 Å². The van der Waals surface area contributed by atoms with Gasteiger partial charge in [0.2, 0.25) is 5.91 Å². The summed E-state index contributed by atoms with van der Waals surface area (Å²) in [6.07, 6.45) is 17.3. The molecule has 0 fully saturated rings. The first-order valence-corrected chi connectivity index (χ1v) is 17.2. The van der Waals surface area contributed by atoms with E-state index in [9.17, 15) is 19.2 Å². The van der Waals surface area contributed by atoms with Gasteiger partial charge in [0.1, 0.15) is 0 Å². The molecule has 0 spiro atoms. The van der Waals surface area contributed by atoms with Crippen LogP contribution >= 0.6 is 0 Å². The summed E-state index contributed by atoms with van der Waals surface area (Å²) in [4.78, 5) is 47.0. The second-order valence-corrected chi connectivity index (χ2v) is 11.1. The molecule has 0 heterocycles. The summed E-state index contributed by atoms with van der Waals surface area (Å²) in [5.74, 6) is -0.813. The van der Waals surface area contributed by atoms with E-state index in [-0.39, 0.29) is 28.8 Å². The van der Waals surface area contributed by atoms with Crippen molar-refractivity contribution in [2.24, 2.45) is 0 Å². The zero-order valence-electron chi connectivity index (χ0n) is 22.8. The first kappa shape index (κ1) is 35.6. The number of carboxylic acid groups (broad SMARTS) is 1. The van der Waals surface area contributed by atoms with E-state index in [1.54, 1.807) is 0 Å². The smallest absolute Gasteiger partial charge is 0.481 e. The second kappa shape index (κ2) is 27.6. The maximum atomic E-state index is 11.9. The number of amides is 2. The van der Waals surface area contributed by atoms with Crippen LogP contribution in [0.4, 0.5) is 4.79 Å². The average Bonchev–Trinajstić information content (AvgIpc) is 2.87. The summed E-state index contributed by atoms with van der Waals surface area (Å²) in [6, 6.07) is 0. The molecule has 0 bridgehead atoms. The summed E-state index contributed by atoms with van der Waals surface area (Å²) in [5.41, 5.74) is 0. The molecular formula is C27H50IN2O7-. The zero-order chi connectivity index (χ0) is 27.4. The second-order valence-electron chi connectivity index (χ2n) is 9.18. The van der Waals surface area contributed by atoms with Gasteiger partial charge < -0.3 is 5.11 Å². The predicted molar refractivity (Wildman–Crippen MR) is 140 cm³/mol. The molecule has 0 aromatic carbocycles. The molecule has 9 nitrogen and oxygen atoms in total. The molecule has 0 radical (unpaired) electrons. The monoisotopic (exact) mass is 641 g/mol. The molecule has 0 aromatic heterocycles. The van der Waals surface area contributed by atoms with Crippen molar-refractivity contribution in [3.8, 4) is 0 Å². The van der Waals surface area contributed by atoms with Gasteiger partial charge in [0.15, 0.2) is 0 Å². The Morgan fingerprint density at radius 3 is 1.57 bits per heavy atom. The molecule has 218 valence electrons. The molecule has 0 aliphatic rings. The van der Waals surface area contributed by atoms with E-state index in [0.717, 1.165) is 38.5 Å². The third kappa shape index (κ3) is 29.0. The van der Waals surface area contributed by atoms with Crippen LogP contribution in [0.25, 0.3) is 0 Å².